The molecule has 0 spiro atoms. The molecule has 0 aromatic heterocycles. The van der Waals surface area contributed by atoms with Crippen LogP contribution in [0.25, 0.3) is 0 Å². The summed E-state index contributed by atoms with van der Waals surface area (Å²) in [5, 5.41) is 2.62. The minimum atomic E-state index is -3.58. The van der Waals surface area contributed by atoms with Crippen molar-refractivity contribution >= 4 is 33.3 Å². The van der Waals surface area contributed by atoms with Gasteiger partial charge in [-0.05, 0) is 31.2 Å². The number of carbonyl (C=O) groups is 2. The first-order chi connectivity index (χ1) is 13.2. The molecule has 9 nitrogen and oxygen atoms in total. The number of amides is 1. The second kappa shape index (κ2) is 7.77. The topological polar surface area (TPSA) is 120 Å². The zero-order valence-electron chi connectivity index (χ0n) is 15.1. The second-order valence-corrected chi connectivity index (χ2v) is 7.77. The summed E-state index contributed by atoms with van der Waals surface area (Å²) >= 11 is 0. The smallest absolute Gasteiger partial charge is 0.341 e. The van der Waals surface area contributed by atoms with E-state index in [1.165, 1.54) is 19.1 Å². The molecular weight excluding hydrogens is 388 g/mol. The van der Waals surface area contributed by atoms with Gasteiger partial charge in [-0.3, -0.25) is 9.52 Å². The van der Waals surface area contributed by atoms with Crippen LogP contribution in [-0.2, 0) is 19.6 Å². The van der Waals surface area contributed by atoms with Crippen molar-refractivity contribution < 1.29 is 32.2 Å². The Labute approximate surface area is 161 Å². The highest BCUT2D eigenvalue weighted by Gasteiger charge is 2.22. The quantitative estimate of drug-likeness (QED) is 0.704. The second-order valence-electron chi connectivity index (χ2n) is 6.02. The van der Waals surface area contributed by atoms with Gasteiger partial charge in [0.1, 0.15) is 0 Å². The molecule has 10 heteroatoms. The molecule has 0 radical (unpaired) electrons. The SMILES string of the molecule is C[C@@H](OC(=O)c1ccccc1NS(C)(=O)=O)C(=O)Nc1ccc2c(c1)OCO2. The summed E-state index contributed by atoms with van der Waals surface area (Å²) in [6, 6.07) is 10.8. The van der Waals surface area contributed by atoms with Crippen LogP contribution in [0.15, 0.2) is 42.5 Å². The molecule has 2 aromatic carbocycles. The molecule has 1 aliphatic rings. The first kappa shape index (κ1) is 19.5. The van der Waals surface area contributed by atoms with Crippen molar-refractivity contribution in [2.75, 3.05) is 23.1 Å². The van der Waals surface area contributed by atoms with Crippen LogP contribution in [0, 0.1) is 0 Å². The van der Waals surface area contributed by atoms with Gasteiger partial charge in [-0.25, -0.2) is 13.2 Å². The molecule has 0 unspecified atom stereocenters. The van der Waals surface area contributed by atoms with Crippen molar-refractivity contribution in [2.24, 2.45) is 0 Å². The van der Waals surface area contributed by atoms with Gasteiger partial charge in [-0.1, -0.05) is 12.1 Å². The molecule has 2 N–H and O–H groups in total. The van der Waals surface area contributed by atoms with E-state index in [1.54, 1.807) is 30.3 Å². The average Bonchev–Trinajstić information content (AvgIpc) is 3.08. The van der Waals surface area contributed by atoms with Crippen molar-refractivity contribution in [3.8, 4) is 11.5 Å². The van der Waals surface area contributed by atoms with Gasteiger partial charge in [-0.2, -0.15) is 0 Å². The molecular formula is C18H18N2O7S. The number of rotatable bonds is 6. The van der Waals surface area contributed by atoms with Crippen LogP contribution < -0.4 is 19.5 Å². The number of hydrogen-bond donors (Lipinski definition) is 2. The van der Waals surface area contributed by atoms with Crippen LogP contribution in [0.3, 0.4) is 0 Å². The van der Waals surface area contributed by atoms with Crippen molar-refractivity contribution in [3.63, 3.8) is 0 Å². The first-order valence-electron chi connectivity index (χ1n) is 8.21. The lowest BCUT2D eigenvalue weighted by Crippen LogP contribution is -2.30. The Balaban J connectivity index is 1.66. The van der Waals surface area contributed by atoms with Gasteiger partial charge in [0.25, 0.3) is 5.91 Å². The Morgan fingerprint density at radius 2 is 1.82 bits per heavy atom. The van der Waals surface area contributed by atoms with Crippen LogP contribution in [0.2, 0.25) is 0 Å². The molecule has 0 saturated carbocycles. The lowest BCUT2D eigenvalue weighted by molar-refractivity contribution is -0.123. The summed E-state index contributed by atoms with van der Waals surface area (Å²) in [5.74, 6) is -0.309. The summed E-state index contributed by atoms with van der Waals surface area (Å²) < 4.78 is 40.7. The highest BCUT2D eigenvalue weighted by Crippen LogP contribution is 2.34. The maximum absolute atomic E-state index is 12.4. The molecule has 3 rings (SSSR count). The van der Waals surface area contributed by atoms with E-state index in [1.807, 2.05) is 0 Å². The largest absolute Gasteiger partial charge is 0.454 e. The number of anilines is 2. The predicted octanol–water partition coefficient (Wildman–Crippen LogP) is 1.97. The summed E-state index contributed by atoms with van der Waals surface area (Å²) in [4.78, 5) is 24.7. The highest BCUT2D eigenvalue weighted by molar-refractivity contribution is 7.92. The standard InChI is InChI=1S/C18H18N2O7S/c1-11(17(21)19-12-7-8-15-16(9-12)26-10-25-15)27-18(22)13-5-3-4-6-14(13)20-28(2,23)24/h3-9,11,20H,10H2,1-2H3,(H,19,21)/t11-/m1/s1. The predicted molar refractivity (Wildman–Crippen MR) is 101 cm³/mol. The molecule has 1 amide bonds. The molecule has 148 valence electrons. The Hall–Kier alpha value is -3.27. The number of fused-ring (bicyclic) bond motifs is 1. The Morgan fingerprint density at radius 3 is 2.57 bits per heavy atom. The summed E-state index contributed by atoms with van der Waals surface area (Å²) in [7, 11) is -3.58. The zero-order chi connectivity index (χ0) is 20.3. The number of ether oxygens (including phenoxy) is 3. The molecule has 1 heterocycles. The van der Waals surface area contributed by atoms with E-state index in [0.717, 1.165) is 6.26 Å². The van der Waals surface area contributed by atoms with Crippen LogP contribution in [0.1, 0.15) is 17.3 Å². The molecule has 2 aromatic rings. The molecule has 28 heavy (non-hydrogen) atoms. The van der Waals surface area contributed by atoms with Crippen LogP contribution in [0.4, 0.5) is 11.4 Å². The van der Waals surface area contributed by atoms with E-state index in [4.69, 9.17) is 14.2 Å². The van der Waals surface area contributed by atoms with Crippen LogP contribution in [0.5, 0.6) is 11.5 Å². The van der Waals surface area contributed by atoms with Gasteiger partial charge in [0, 0.05) is 11.8 Å². The van der Waals surface area contributed by atoms with Crippen molar-refractivity contribution in [1.29, 1.82) is 0 Å². The normalized spacial score (nSPS) is 13.5. The lowest BCUT2D eigenvalue weighted by atomic mass is 10.2. The number of hydrogen-bond acceptors (Lipinski definition) is 7. The van der Waals surface area contributed by atoms with E-state index in [-0.39, 0.29) is 18.0 Å². The molecule has 1 aliphatic heterocycles. The van der Waals surface area contributed by atoms with E-state index in [9.17, 15) is 18.0 Å². The third-order valence-corrected chi connectivity index (χ3v) is 4.33. The third-order valence-electron chi connectivity index (χ3n) is 3.74. The Bertz CT molecular complexity index is 1020. The molecule has 1 atom stereocenters. The zero-order valence-corrected chi connectivity index (χ0v) is 15.9. The van der Waals surface area contributed by atoms with Crippen molar-refractivity contribution in [3.05, 3.63) is 48.0 Å². The minimum absolute atomic E-state index is 0.00402. The van der Waals surface area contributed by atoms with Gasteiger partial charge in [-0.15, -0.1) is 0 Å². The fourth-order valence-corrected chi connectivity index (χ4v) is 3.02. The fourth-order valence-electron chi connectivity index (χ4n) is 2.45. The molecule has 0 bridgehead atoms. The van der Waals surface area contributed by atoms with Crippen LogP contribution in [-0.4, -0.2) is 39.4 Å². The fraction of sp³-hybridized carbons (Fsp3) is 0.222. The van der Waals surface area contributed by atoms with Crippen molar-refractivity contribution in [1.82, 2.24) is 0 Å². The van der Waals surface area contributed by atoms with E-state index >= 15 is 0 Å². The van der Waals surface area contributed by atoms with Gasteiger partial charge < -0.3 is 19.5 Å². The lowest BCUT2D eigenvalue weighted by Gasteiger charge is -2.15. The van der Waals surface area contributed by atoms with Gasteiger partial charge in [0.2, 0.25) is 16.8 Å². The molecule has 0 saturated heterocycles. The average molecular weight is 406 g/mol. The summed E-state index contributed by atoms with van der Waals surface area (Å²) in [6.07, 6.45) is -0.152. The number of carbonyl (C=O) groups excluding carboxylic acids is 2. The Morgan fingerprint density at radius 1 is 1.11 bits per heavy atom. The van der Waals surface area contributed by atoms with E-state index < -0.39 is 28.0 Å². The van der Waals surface area contributed by atoms with Gasteiger partial charge in [0.05, 0.1) is 17.5 Å². The maximum Gasteiger partial charge on any atom is 0.341 e. The van der Waals surface area contributed by atoms with E-state index in [2.05, 4.69) is 10.0 Å². The first-order valence-corrected chi connectivity index (χ1v) is 10.1. The number of esters is 1. The highest BCUT2D eigenvalue weighted by atomic mass is 32.2. The maximum atomic E-state index is 12.4. The van der Waals surface area contributed by atoms with E-state index in [0.29, 0.717) is 17.2 Å². The summed E-state index contributed by atoms with van der Waals surface area (Å²) in [5.41, 5.74) is 0.519. The molecule has 0 aliphatic carbocycles. The van der Waals surface area contributed by atoms with Gasteiger partial charge >= 0.3 is 5.97 Å². The third kappa shape index (κ3) is 4.71. The van der Waals surface area contributed by atoms with Crippen LogP contribution >= 0.6 is 0 Å². The summed E-state index contributed by atoms with van der Waals surface area (Å²) in [6.45, 7) is 1.52. The minimum Gasteiger partial charge on any atom is -0.454 e. The number of nitrogens with one attached hydrogen (secondary N) is 2. The number of benzene rings is 2. The number of para-hydroxylation sites is 1. The van der Waals surface area contributed by atoms with Gasteiger partial charge in [0.15, 0.2) is 17.6 Å². The van der Waals surface area contributed by atoms with Crippen molar-refractivity contribution in [2.45, 2.75) is 13.0 Å². The Kier molecular flexibility index (Phi) is 5.41. The number of sulfonamides is 1. The molecule has 0 fully saturated rings. The monoisotopic (exact) mass is 406 g/mol.